The fourth-order valence-electron chi connectivity index (χ4n) is 4.69. The quantitative estimate of drug-likeness (QED) is 0.418. The molecule has 0 aromatic carbocycles. The average Bonchev–Trinajstić information content (AvgIpc) is 3.06. The second-order valence-corrected chi connectivity index (χ2v) is 13.3. The molecule has 208 valence electrons. The highest BCUT2D eigenvalue weighted by Crippen LogP contribution is 2.45. The second kappa shape index (κ2) is 15.2. The van der Waals surface area contributed by atoms with E-state index in [0.717, 1.165) is 32.3 Å². The highest BCUT2D eigenvalue weighted by atomic mass is 16.5. The molecule has 0 bridgehead atoms. The van der Waals surface area contributed by atoms with Gasteiger partial charge in [-0.1, -0.05) is 56.4 Å². The van der Waals surface area contributed by atoms with Crippen LogP contribution in [0, 0.1) is 16.2 Å². The van der Waals surface area contributed by atoms with Crippen molar-refractivity contribution < 1.29 is 4.74 Å². The van der Waals surface area contributed by atoms with Crippen molar-refractivity contribution in [3.8, 4) is 0 Å². The molecule has 3 heterocycles. The molecular formula is C30H67N3O. The molecule has 0 spiro atoms. The van der Waals surface area contributed by atoms with Crippen molar-refractivity contribution in [3.05, 3.63) is 0 Å². The molecule has 0 aliphatic carbocycles. The van der Waals surface area contributed by atoms with Crippen LogP contribution in [-0.4, -0.2) is 85.3 Å². The minimum atomic E-state index is 0. The first-order valence-electron chi connectivity index (χ1n) is 13.4. The SMILES string of the molecule is C.C.CC(C)N1CCC(C)(C)C(C)(C)C1.CC(C)N1CCC(C)(C)C1.CC(C)N1CCOCC1. The number of hydrogen-bond donors (Lipinski definition) is 0. The number of piperidine rings is 1. The van der Waals surface area contributed by atoms with E-state index in [4.69, 9.17) is 4.74 Å². The van der Waals surface area contributed by atoms with E-state index >= 15 is 0 Å². The van der Waals surface area contributed by atoms with Crippen LogP contribution in [-0.2, 0) is 4.74 Å². The van der Waals surface area contributed by atoms with Gasteiger partial charge in [-0.25, -0.2) is 0 Å². The van der Waals surface area contributed by atoms with Gasteiger partial charge in [-0.15, -0.1) is 0 Å². The molecule has 0 aromatic rings. The van der Waals surface area contributed by atoms with E-state index in [9.17, 15) is 0 Å². The first-order valence-corrected chi connectivity index (χ1v) is 13.4. The van der Waals surface area contributed by atoms with Crippen LogP contribution in [0.15, 0.2) is 0 Å². The Bertz CT molecular complexity index is 519. The highest BCUT2D eigenvalue weighted by Gasteiger charge is 2.42. The molecule has 0 radical (unpaired) electrons. The molecule has 3 rings (SSSR count). The standard InChI is InChI=1S/C12H25N.C9H19N.C7H15NO.2CH4/c1-10(2)13-8-7-11(3,4)12(5,6)9-13;1-8(2)10-6-5-9(3,4)7-10;1-7(2)8-3-5-9-6-4-8;;/h10H,7-9H2,1-6H3;8H,5-7H2,1-4H3;7H,3-6H2,1-2H3;2*1H4. The van der Waals surface area contributed by atoms with Gasteiger partial charge in [0.1, 0.15) is 0 Å². The molecule has 0 amide bonds. The molecule has 0 N–H and O–H groups in total. The van der Waals surface area contributed by atoms with Gasteiger partial charge in [0.25, 0.3) is 0 Å². The minimum Gasteiger partial charge on any atom is -0.379 e. The van der Waals surface area contributed by atoms with Crippen molar-refractivity contribution >= 4 is 0 Å². The number of ether oxygens (including phenoxy) is 1. The number of nitrogens with zero attached hydrogens (tertiary/aromatic N) is 3. The zero-order valence-electron chi connectivity index (χ0n) is 24.1. The van der Waals surface area contributed by atoms with E-state index in [1.54, 1.807) is 0 Å². The lowest BCUT2D eigenvalue weighted by molar-refractivity contribution is -0.0175. The molecule has 0 atom stereocenters. The molecule has 3 aliphatic rings. The van der Waals surface area contributed by atoms with Gasteiger partial charge in [-0.3, -0.25) is 4.90 Å². The zero-order chi connectivity index (χ0) is 24.7. The number of rotatable bonds is 3. The van der Waals surface area contributed by atoms with Crippen LogP contribution in [0.3, 0.4) is 0 Å². The molecule has 4 nitrogen and oxygen atoms in total. The summed E-state index contributed by atoms with van der Waals surface area (Å²) in [6.07, 6.45) is 2.70. The summed E-state index contributed by atoms with van der Waals surface area (Å²) >= 11 is 0. The Kier molecular flexibility index (Phi) is 16.1. The topological polar surface area (TPSA) is 19.0 Å². The Hall–Kier alpha value is -0.160. The zero-order valence-corrected chi connectivity index (χ0v) is 24.1. The first kappa shape index (κ1) is 36.0. The van der Waals surface area contributed by atoms with Crippen LogP contribution in [0.4, 0.5) is 0 Å². The van der Waals surface area contributed by atoms with E-state index < -0.39 is 0 Å². The van der Waals surface area contributed by atoms with E-state index in [0.29, 0.717) is 28.3 Å². The van der Waals surface area contributed by atoms with Crippen molar-refractivity contribution in [1.29, 1.82) is 0 Å². The van der Waals surface area contributed by atoms with Crippen molar-refractivity contribution in [2.24, 2.45) is 16.2 Å². The maximum atomic E-state index is 5.21. The summed E-state index contributed by atoms with van der Waals surface area (Å²) in [6, 6.07) is 2.13. The molecule has 34 heavy (non-hydrogen) atoms. The summed E-state index contributed by atoms with van der Waals surface area (Å²) < 4.78 is 5.21. The van der Waals surface area contributed by atoms with Gasteiger partial charge in [-0.2, -0.15) is 0 Å². The van der Waals surface area contributed by atoms with Crippen molar-refractivity contribution in [3.63, 3.8) is 0 Å². The number of likely N-dealkylation sites (tertiary alicyclic amines) is 2. The predicted molar refractivity (Wildman–Crippen MR) is 155 cm³/mol. The smallest absolute Gasteiger partial charge is 0.0594 e. The van der Waals surface area contributed by atoms with Gasteiger partial charge < -0.3 is 14.5 Å². The molecule has 3 fully saturated rings. The van der Waals surface area contributed by atoms with Crippen molar-refractivity contribution in [2.75, 3.05) is 52.5 Å². The van der Waals surface area contributed by atoms with Gasteiger partial charge in [0, 0.05) is 44.3 Å². The van der Waals surface area contributed by atoms with Gasteiger partial charge in [-0.05, 0) is 83.7 Å². The second-order valence-electron chi connectivity index (χ2n) is 13.3. The van der Waals surface area contributed by atoms with E-state index in [2.05, 4.69) is 97.8 Å². The Morgan fingerprint density at radius 1 is 0.529 bits per heavy atom. The van der Waals surface area contributed by atoms with Gasteiger partial charge in [0.15, 0.2) is 0 Å². The largest absolute Gasteiger partial charge is 0.379 e. The van der Waals surface area contributed by atoms with Crippen LogP contribution in [0.5, 0.6) is 0 Å². The lowest BCUT2D eigenvalue weighted by atomic mass is 9.63. The lowest BCUT2D eigenvalue weighted by Gasteiger charge is -2.51. The third-order valence-electron chi connectivity index (χ3n) is 8.40. The third kappa shape index (κ3) is 11.7. The molecule has 0 saturated carbocycles. The number of hydrogen-bond acceptors (Lipinski definition) is 4. The average molecular weight is 486 g/mol. The third-order valence-corrected chi connectivity index (χ3v) is 8.40. The van der Waals surface area contributed by atoms with Crippen molar-refractivity contribution in [1.82, 2.24) is 14.7 Å². The van der Waals surface area contributed by atoms with E-state index in [1.807, 2.05) is 0 Å². The summed E-state index contributed by atoms with van der Waals surface area (Å²) in [5.74, 6) is 0. The number of morpholine rings is 1. The Labute approximate surface area is 217 Å². The molecule has 3 saturated heterocycles. The minimum absolute atomic E-state index is 0. The fourth-order valence-corrected chi connectivity index (χ4v) is 4.69. The van der Waals surface area contributed by atoms with Crippen LogP contribution >= 0.6 is 0 Å². The van der Waals surface area contributed by atoms with Crippen LogP contribution in [0.1, 0.15) is 111 Å². The Morgan fingerprint density at radius 3 is 1.24 bits per heavy atom. The first-order chi connectivity index (χ1) is 14.6. The Morgan fingerprint density at radius 2 is 0.941 bits per heavy atom. The van der Waals surface area contributed by atoms with Gasteiger partial charge in [0.05, 0.1) is 13.2 Å². The van der Waals surface area contributed by atoms with Gasteiger partial charge in [0.2, 0.25) is 0 Å². The monoisotopic (exact) mass is 486 g/mol. The molecule has 0 unspecified atom stereocenters. The maximum Gasteiger partial charge on any atom is 0.0594 e. The molecule has 0 aromatic heterocycles. The maximum absolute atomic E-state index is 5.21. The van der Waals surface area contributed by atoms with Crippen LogP contribution in [0.2, 0.25) is 0 Å². The lowest BCUT2D eigenvalue weighted by Crippen LogP contribution is -2.52. The van der Waals surface area contributed by atoms with E-state index in [-0.39, 0.29) is 14.9 Å². The normalized spacial score (nSPS) is 24.4. The summed E-state index contributed by atoms with van der Waals surface area (Å²) in [4.78, 5) is 7.59. The molecular weight excluding hydrogens is 418 g/mol. The Balaban J connectivity index is 0. The predicted octanol–water partition coefficient (Wildman–Crippen LogP) is 7.28. The van der Waals surface area contributed by atoms with E-state index in [1.165, 1.54) is 39.0 Å². The van der Waals surface area contributed by atoms with Crippen molar-refractivity contribution in [2.45, 2.75) is 129 Å². The molecule has 3 aliphatic heterocycles. The highest BCUT2D eigenvalue weighted by molar-refractivity contribution is 4.93. The summed E-state index contributed by atoms with van der Waals surface area (Å²) in [7, 11) is 0. The fraction of sp³-hybridized carbons (Fsp3) is 1.00. The van der Waals surface area contributed by atoms with Gasteiger partial charge >= 0.3 is 0 Å². The summed E-state index contributed by atoms with van der Waals surface area (Å²) in [5, 5.41) is 0. The summed E-state index contributed by atoms with van der Waals surface area (Å²) in [6.45, 7) is 37.1. The summed E-state index contributed by atoms with van der Waals surface area (Å²) in [5.41, 5.74) is 1.53. The van der Waals surface area contributed by atoms with Crippen LogP contribution < -0.4 is 0 Å². The molecule has 4 heteroatoms. The van der Waals surface area contributed by atoms with Crippen LogP contribution in [0.25, 0.3) is 0 Å².